The van der Waals surface area contributed by atoms with Crippen LogP contribution in [0.5, 0.6) is 5.75 Å². The second-order valence-corrected chi connectivity index (χ2v) is 6.08. The SMILES string of the molecule is CCC1CNC(C)(C)CN1Cc1cccc(OC)c1. The van der Waals surface area contributed by atoms with E-state index in [1.807, 2.05) is 6.07 Å². The van der Waals surface area contributed by atoms with Crippen molar-refractivity contribution in [3.63, 3.8) is 0 Å². The van der Waals surface area contributed by atoms with Gasteiger partial charge < -0.3 is 10.1 Å². The molecular formula is C16H26N2O. The van der Waals surface area contributed by atoms with Crippen molar-refractivity contribution in [1.82, 2.24) is 10.2 Å². The standard InChI is InChI=1S/C16H26N2O/c1-5-14-10-17-16(2,3)12-18(14)11-13-7-6-8-15(9-13)19-4/h6-9,14,17H,5,10-12H2,1-4H3. The predicted molar refractivity (Wildman–Crippen MR) is 79.6 cm³/mol. The monoisotopic (exact) mass is 262 g/mol. The summed E-state index contributed by atoms with van der Waals surface area (Å²) in [6, 6.07) is 9.02. The van der Waals surface area contributed by atoms with Crippen molar-refractivity contribution in [3.05, 3.63) is 29.8 Å². The van der Waals surface area contributed by atoms with Crippen LogP contribution in [0.2, 0.25) is 0 Å². The molecule has 1 atom stereocenters. The van der Waals surface area contributed by atoms with Crippen LogP contribution in [0.1, 0.15) is 32.8 Å². The Morgan fingerprint density at radius 3 is 2.89 bits per heavy atom. The Bertz CT molecular complexity index is 417. The van der Waals surface area contributed by atoms with Gasteiger partial charge >= 0.3 is 0 Å². The van der Waals surface area contributed by atoms with E-state index >= 15 is 0 Å². The zero-order valence-electron chi connectivity index (χ0n) is 12.6. The van der Waals surface area contributed by atoms with E-state index in [0.717, 1.165) is 25.4 Å². The van der Waals surface area contributed by atoms with Crippen LogP contribution in [-0.2, 0) is 6.54 Å². The van der Waals surface area contributed by atoms with Crippen molar-refractivity contribution in [3.8, 4) is 5.75 Å². The summed E-state index contributed by atoms with van der Waals surface area (Å²) in [5.41, 5.74) is 1.53. The third kappa shape index (κ3) is 3.71. The minimum atomic E-state index is 0.199. The molecule has 1 N–H and O–H groups in total. The van der Waals surface area contributed by atoms with Crippen LogP contribution in [0.4, 0.5) is 0 Å². The predicted octanol–water partition coefficient (Wildman–Crippen LogP) is 2.66. The van der Waals surface area contributed by atoms with E-state index in [1.165, 1.54) is 12.0 Å². The highest BCUT2D eigenvalue weighted by Gasteiger charge is 2.31. The molecule has 3 nitrogen and oxygen atoms in total. The molecule has 1 saturated heterocycles. The second kappa shape index (κ2) is 5.93. The summed E-state index contributed by atoms with van der Waals surface area (Å²) in [5.74, 6) is 0.944. The molecule has 19 heavy (non-hydrogen) atoms. The molecule has 1 aromatic rings. The Kier molecular flexibility index (Phi) is 4.48. The van der Waals surface area contributed by atoms with Gasteiger partial charge in [-0.05, 0) is 38.0 Å². The van der Waals surface area contributed by atoms with E-state index in [1.54, 1.807) is 7.11 Å². The quantitative estimate of drug-likeness (QED) is 0.903. The van der Waals surface area contributed by atoms with Crippen molar-refractivity contribution >= 4 is 0 Å². The van der Waals surface area contributed by atoms with Gasteiger partial charge in [-0.1, -0.05) is 19.1 Å². The van der Waals surface area contributed by atoms with Gasteiger partial charge in [0.25, 0.3) is 0 Å². The van der Waals surface area contributed by atoms with Gasteiger partial charge in [0.05, 0.1) is 7.11 Å². The van der Waals surface area contributed by atoms with E-state index in [4.69, 9.17) is 4.74 Å². The van der Waals surface area contributed by atoms with Crippen LogP contribution in [0.25, 0.3) is 0 Å². The largest absolute Gasteiger partial charge is 0.497 e. The third-order valence-electron chi connectivity index (χ3n) is 3.92. The van der Waals surface area contributed by atoms with E-state index in [0.29, 0.717) is 6.04 Å². The molecule has 1 heterocycles. The normalized spacial score (nSPS) is 23.3. The number of nitrogens with zero attached hydrogens (tertiary/aromatic N) is 1. The van der Waals surface area contributed by atoms with Crippen molar-refractivity contribution < 1.29 is 4.74 Å². The molecule has 2 rings (SSSR count). The molecule has 0 radical (unpaired) electrons. The van der Waals surface area contributed by atoms with Crippen LogP contribution in [0.3, 0.4) is 0 Å². The van der Waals surface area contributed by atoms with Gasteiger partial charge in [-0.25, -0.2) is 0 Å². The van der Waals surface area contributed by atoms with Crippen molar-refractivity contribution in [2.75, 3.05) is 20.2 Å². The molecule has 0 aromatic heterocycles. The Morgan fingerprint density at radius 1 is 1.42 bits per heavy atom. The maximum atomic E-state index is 5.31. The number of ether oxygens (including phenoxy) is 1. The number of hydrogen-bond acceptors (Lipinski definition) is 3. The summed E-state index contributed by atoms with van der Waals surface area (Å²) >= 11 is 0. The summed E-state index contributed by atoms with van der Waals surface area (Å²) in [6.45, 7) is 9.98. The van der Waals surface area contributed by atoms with Crippen molar-refractivity contribution in [2.45, 2.75) is 45.3 Å². The maximum Gasteiger partial charge on any atom is 0.119 e. The first-order valence-electron chi connectivity index (χ1n) is 7.16. The van der Waals surface area contributed by atoms with Crippen LogP contribution >= 0.6 is 0 Å². The van der Waals surface area contributed by atoms with Crippen LogP contribution in [0, 0.1) is 0 Å². The van der Waals surface area contributed by atoms with E-state index in [2.05, 4.69) is 49.2 Å². The van der Waals surface area contributed by atoms with Gasteiger partial charge in [0.15, 0.2) is 0 Å². The summed E-state index contributed by atoms with van der Waals surface area (Å²) in [6.07, 6.45) is 1.19. The summed E-state index contributed by atoms with van der Waals surface area (Å²) in [5, 5.41) is 3.63. The molecule has 1 aliphatic rings. The van der Waals surface area contributed by atoms with Crippen LogP contribution in [0.15, 0.2) is 24.3 Å². The van der Waals surface area contributed by atoms with E-state index in [-0.39, 0.29) is 5.54 Å². The van der Waals surface area contributed by atoms with E-state index < -0.39 is 0 Å². The molecule has 1 aromatic carbocycles. The minimum Gasteiger partial charge on any atom is -0.497 e. The van der Waals surface area contributed by atoms with Gasteiger partial charge in [0, 0.05) is 31.2 Å². The average Bonchev–Trinajstić information content (AvgIpc) is 2.38. The third-order valence-corrected chi connectivity index (χ3v) is 3.92. The molecule has 106 valence electrons. The fraction of sp³-hybridized carbons (Fsp3) is 0.625. The van der Waals surface area contributed by atoms with Crippen molar-refractivity contribution in [1.29, 1.82) is 0 Å². The lowest BCUT2D eigenvalue weighted by molar-refractivity contribution is 0.0858. The number of nitrogens with one attached hydrogen (secondary N) is 1. The number of hydrogen-bond donors (Lipinski definition) is 1. The van der Waals surface area contributed by atoms with Gasteiger partial charge in [0.1, 0.15) is 5.75 Å². The molecule has 0 saturated carbocycles. The Morgan fingerprint density at radius 2 is 2.21 bits per heavy atom. The first kappa shape index (κ1) is 14.4. The lowest BCUT2D eigenvalue weighted by Crippen LogP contribution is -2.60. The van der Waals surface area contributed by atoms with Gasteiger partial charge in [0.2, 0.25) is 0 Å². The second-order valence-electron chi connectivity index (χ2n) is 6.08. The summed E-state index contributed by atoms with van der Waals surface area (Å²) in [4.78, 5) is 2.59. The highest BCUT2D eigenvalue weighted by atomic mass is 16.5. The molecule has 0 bridgehead atoms. The smallest absolute Gasteiger partial charge is 0.119 e. The molecule has 0 amide bonds. The molecule has 0 spiro atoms. The first-order valence-corrected chi connectivity index (χ1v) is 7.16. The van der Waals surface area contributed by atoms with Gasteiger partial charge in [-0.3, -0.25) is 4.90 Å². The number of rotatable bonds is 4. The molecule has 3 heteroatoms. The first-order chi connectivity index (χ1) is 9.04. The minimum absolute atomic E-state index is 0.199. The van der Waals surface area contributed by atoms with Crippen molar-refractivity contribution in [2.24, 2.45) is 0 Å². The summed E-state index contributed by atoms with van der Waals surface area (Å²) < 4.78 is 5.31. The topological polar surface area (TPSA) is 24.5 Å². The molecule has 1 aliphatic heterocycles. The number of benzene rings is 1. The maximum absolute atomic E-state index is 5.31. The summed E-state index contributed by atoms with van der Waals surface area (Å²) in [7, 11) is 1.72. The number of methoxy groups -OCH3 is 1. The Hall–Kier alpha value is -1.06. The zero-order valence-corrected chi connectivity index (χ0v) is 12.6. The lowest BCUT2D eigenvalue weighted by atomic mass is 9.97. The molecule has 0 aliphatic carbocycles. The average molecular weight is 262 g/mol. The highest BCUT2D eigenvalue weighted by Crippen LogP contribution is 2.21. The van der Waals surface area contributed by atoms with E-state index in [9.17, 15) is 0 Å². The van der Waals surface area contributed by atoms with Crippen LogP contribution in [-0.4, -0.2) is 36.7 Å². The molecule has 1 fully saturated rings. The fourth-order valence-electron chi connectivity index (χ4n) is 2.81. The van der Waals surface area contributed by atoms with Gasteiger partial charge in [-0.15, -0.1) is 0 Å². The van der Waals surface area contributed by atoms with Crippen LogP contribution < -0.4 is 10.1 Å². The Balaban J connectivity index is 2.09. The fourth-order valence-corrected chi connectivity index (χ4v) is 2.81. The van der Waals surface area contributed by atoms with Gasteiger partial charge in [-0.2, -0.15) is 0 Å². The molecule has 1 unspecified atom stereocenters. The molecular weight excluding hydrogens is 236 g/mol. The Labute approximate surface area is 116 Å². The number of piperazine rings is 1. The highest BCUT2D eigenvalue weighted by molar-refractivity contribution is 5.28. The lowest BCUT2D eigenvalue weighted by Gasteiger charge is -2.44. The zero-order chi connectivity index (χ0) is 13.9.